The van der Waals surface area contributed by atoms with Crippen LogP contribution in [0.5, 0.6) is 0 Å². The molecule has 8 nitrogen and oxygen atoms in total. The molecule has 1 aromatic heterocycles. The normalized spacial score (nSPS) is 15.9. The summed E-state index contributed by atoms with van der Waals surface area (Å²) in [6.45, 7) is 0.915. The molecule has 1 unspecified atom stereocenters. The molecule has 0 N–H and O–H groups in total. The Labute approximate surface area is 166 Å². The van der Waals surface area contributed by atoms with E-state index in [1.807, 2.05) is 19.0 Å². The van der Waals surface area contributed by atoms with E-state index in [0.29, 0.717) is 29.6 Å². The molecule has 0 saturated heterocycles. The summed E-state index contributed by atoms with van der Waals surface area (Å²) in [6.07, 6.45) is 0. The van der Waals surface area contributed by atoms with Crippen LogP contribution in [0, 0.1) is 10.1 Å². The number of non-ortho nitro benzene ring substituents is 1. The topological polar surface area (TPSA) is 96.9 Å². The van der Waals surface area contributed by atoms with Crippen LogP contribution in [0.3, 0.4) is 0 Å². The van der Waals surface area contributed by atoms with Crippen molar-refractivity contribution < 1.29 is 14.1 Å². The van der Waals surface area contributed by atoms with Gasteiger partial charge in [0, 0.05) is 25.2 Å². The number of nitro benzene ring substituents is 1. The van der Waals surface area contributed by atoms with Gasteiger partial charge in [-0.05, 0) is 31.8 Å². The van der Waals surface area contributed by atoms with Gasteiger partial charge in [-0.25, -0.2) is 0 Å². The highest BCUT2D eigenvalue weighted by molar-refractivity contribution is 5.99. The first-order chi connectivity index (χ1) is 13.9. The number of hydrogen-bond acceptors (Lipinski definition) is 6. The van der Waals surface area contributed by atoms with E-state index in [1.165, 1.54) is 12.1 Å². The quantitative estimate of drug-likeness (QED) is 0.488. The van der Waals surface area contributed by atoms with Gasteiger partial charge < -0.3 is 14.2 Å². The van der Waals surface area contributed by atoms with Crippen LogP contribution < -0.4 is 5.43 Å². The zero-order valence-corrected chi connectivity index (χ0v) is 16.0. The van der Waals surface area contributed by atoms with Gasteiger partial charge in [-0.15, -0.1) is 0 Å². The van der Waals surface area contributed by atoms with Gasteiger partial charge in [-0.3, -0.25) is 19.7 Å². The molecule has 0 aliphatic carbocycles. The van der Waals surface area contributed by atoms with Crippen LogP contribution in [0.4, 0.5) is 5.69 Å². The summed E-state index contributed by atoms with van der Waals surface area (Å²) in [5.41, 5.74) is 0.692. The van der Waals surface area contributed by atoms with Crippen molar-refractivity contribution in [2.45, 2.75) is 6.04 Å². The number of hydrogen-bond donors (Lipinski definition) is 0. The van der Waals surface area contributed by atoms with E-state index in [9.17, 15) is 19.7 Å². The van der Waals surface area contributed by atoms with Gasteiger partial charge in [-0.2, -0.15) is 0 Å². The third kappa shape index (κ3) is 3.17. The molecule has 0 fully saturated rings. The number of amides is 1. The smallest absolute Gasteiger partial charge is 0.290 e. The maximum absolute atomic E-state index is 13.3. The second kappa shape index (κ2) is 7.14. The molecule has 4 rings (SSSR count). The highest BCUT2D eigenvalue weighted by Gasteiger charge is 2.42. The van der Waals surface area contributed by atoms with Crippen LogP contribution >= 0.6 is 0 Å². The number of nitro groups is 1. The first-order valence-electron chi connectivity index (χ1n) is 9.14. The number of para-hydroxylation sites is 1. The zero-order valence-electron chi connectivity index (χ0n) is 16.0. The van der Waals surface area contributed by atoms with E-state index in [0.717, 1.165) is 0 Å². The zero-order chi connectivity index (χ0) is 20.7. The predicted molar refractivity (Wildman–Crippen MR) is 107 cm³/mol. The fourth-order valence-electron chi connectivity index (χ4n) is 3.66. The van der Waals surface area contributed by atoms with Gasteiger partial charge in [0.25, 0.3) is 11.6 Å². The second-order valence-corrected chi connectivity index (χ2v) is 7.23. The van der Waals surface area contributed by atoms with Crippen molar-refractivity contribution in [2.24, 2.45) is 0 Å². The van der Waals surface area contributed by atoms with Gasteiger partial charge in [0.15, 0.2) is 5.43 Å². The maximum Gasteiger partial charge on any atom is 0.290 e. The molecule has 29 heavy (non-hydrogen) atoms. The summed E-state index contributed by atoms with van der Waals surface area (Å²) in [5, 5.41) is 11.6. The first-order valence-corrected chi connectivity index (χ1v) is 9.14. The Morgan fingerprint density at radius 3 is 2.62 bits per heavy atom. The molecular formula is C21H19N3O5. The summed E-state index contributed by atoms with van der Waals surface area (Å²) >= 11 is 0. The molecule has 148 valence electrons. The second-order valence-electron chi connectivity index (χ2n) is 7.23. The highest BCUT2D eigenvalue weighted by Crippen LogP contribution is 2.38. The molecule has 0 bridgehead atoms. The lowest BCUT2D eigenvalue weighted by atomic mass is 9.98. The molecule has 0 radical (unpaired) electrons. The van der Waals surface area contributed by atoms with Crippen LogP contribution in [0.1, 0.15) is 27.7 Å². The maximum atomic E-state index is 13.3. The van der Waals surface area contributed by atoms with Gasteiger partial charge in [0.1, 0.15) is 5.58 Å². The summed E-state index contributed by atoms with van der Waals surface area (Å²) in [6, 6.07) is 12.1. The number of benzene rings is 2. The average Bonchev–Trinajstić information content (AvgIpc) is 2.99. The van der Waals surface area contributed by atoms with Gasteiger partial charge in [-0.1, -0.05) is 24.3 Å². The largest absolute Gasteiger partial charge is 0.450 e. The Morgan fingerprint density at radius 1 is 1.14 bits per heavy atom. The molecule has 1 amide bonds. The highest BCUT2D eigenvalue weighted by atomic mass is 16.6. The monoisotopic (exact) mass is 393 g/mol. The van der Waals surface area contributed by atoms with Gasteiger partial charge >= 0.3 is 0 Å². The third-order valence-corrected chi connectivity index (χ3v) is 5.06. The van der Waals surface area contributed by atoms with Crippen molar-refractivity contribution in [1.82, 2.24) is 9.80 Å². The Morgan fingerprint density at radius 2 is 1.90 bits per heavy atom. The van der Waals surface area contributed by atoms with Gasteiger partial charge in [0.2, 0.25) is 5.76 Å². The minimum Gasteiger partial charge on any atom is -0.450 e. The van der Waals surface area contributed by atoms with Crippen molar-refractivity contribution in [3.63, 3.8) is 0 Å². The number of nitrogens with zero attached hydrogens (tertiary/aromatic N) is 3. The Bertz CT molecular complexity index is 1180. The fraction of sp³-hybridized carbons (Fsp3) is 0.238. The molecule has 0 spiro atoms. The first kappa shape index (κ1) is 18.8. The molecule has 1 aliphatic heterocycles. The lowest BCUT2D eigenvalue weighted by molar-refractivity contribution is -0.384. The number of likely N-dealkylation sites (N-methyl/N-ethyl adjacent to an activating group) is 1. The number of fused-ring (bicyclic) bond motifs is 2. The van der Waals surface area contributed by atoms with Crippen LogP contribution in [-0.4, -0.2) is 47.8 Å². The van der Waals surface area contributed by atoms with E-state index in [-0.39, 0.29) is 28.3 Å². The van der Waals surface area contributed by atoms with Crippen molar-refractivity contribution in [3.8, 4) is 0 Å². The third-order valence-electron chi connectivity index (χ3n) is 5.06. The van der Waals surface area contributed by atoms with Crippen LogP contribution in [0.15, 0.2) is 57.7 Å². The molecule has 3 aromatic rings. The van der Waals surface area contributed by atoms with Crippen molar-refractivity contribution in [1.29, 1.82) is 0 Å². The lowest BCUT2D eigenvalue weighted by Crippen LogP contribution is -2.35. The van der Waals surface area contributed by atoms with E-state index in [2.05, 4.69) is 0 Å². The number of carbonyl (C=O) groups excluding carboxylic acids is 1. The van der Waals surface area contributed by atoms with E-state index in [1.54, 1.807) is 41.3 Å². The number of rotatable bonds is 5. The van der Waals surface area contributed by atoms with Crippen molar-refractivity contribution in [3.05, 3.63) is 85.8 Å². The summed E-state index contributed by atoms with van der Waals surface area (Å²) in [7, 11) is 3.77. The molecular weight excluding hydrogens is 374 g/mol. The molecule has 2 aromatic carbocycles. The Kier molecular flexibility index (Phi) is 4.63. The van der Waals surface area contributed by atoms with E-state index in [4.69, 9.17) is 4.42 Å². The summed E-state index contributed by atoms with van der Waals surface area (Å²) in [5.74, 6) is -0.384. The van der Waals surface area contributed by atoms with E-state index < -0.39 is 11.0 Å². The van der Waals surface area contributed by atoms with Gasteiger partial charge in [0.05, 0.1) is 21.9 Å². The van der Waals surface area contributed by atoms with Crippen molar-refractivity contribution >= 4 is 22.6 Å². The molecule has 2 heterocycles. The molecule has 8 heteroatoms. The van der Waals surface area contributed by atoms with E-state index >= 15 is 0 Å². The fourth-order valence-corrected chi connectivity index (χ4v) is 3.66. The Hall–Kier alpha value is -3.52. The summed E-state index contributed by atoms with van der Waals surface area (Å²) < 4.78 is 5.83. The molecule has 0 saturated carbocycles. The summed E-state index contributed by atoms with van der Waals surface area (Å²) in [4.78, 5) is 40.7. The lowest BCUT2D eigenvalue weighted by Gasteiger charge is -2.26. The molecule has 1 atom stereocenters. The number of carbonyl (C=O) groups is 1. The van der Waals surface area contributed by atoms with Crippen LogP contribution in [0.2, 0.25) is 0 Å². The van der Waals surface area contributed by atoms with Crippen molar-refractivity contribution in [2.75, 3.05) is 27.2 Å². The minimum atomic E-state index is -0.738. The van der Waals surface area contributed by atoms with Crippen LogP contribution in [-0.2, 0) is 0 Å². The predicted octanol–water partition coefficient (Wildman–Crippen LogP) is 2.81. The van der Waals surface area contributed by atoms with Crippen LogP contribution in [0.25, 0.3) is 11.0 Å². The average molecular weight is 393 g/mol. The minimum absolute atomic E-state index is 0.00367. The Balaban J connectivity index is 1.94. The SMILES string of the molecule is CN(C)CCN1C(=O)c2oc3ccccc3c(=O)c2C1c1cccc([N+](=O)[O-])c1. The molecule has 1 aliphatic rings. The standard InChI is InChI=1S/C21H19N3O5/c1-22(2)10-11-23-18(13-6-5-7-14(12-13)24(27)28)17-19(25)15-8-3-4-9-16(15)29-20(17)21(23)26/h3-9,12,18H,10-11H2,1-2H3.